The Labute approximate surface area is 167 Å². The smallest absolute Gasteiger partial charge is 0.407 e. The highest BCUT2D eigenvalue weighted by atomic mass is 35.5. The summed E-state index contributed by atoms with van der Waals surface area (Å²) in [5.74, 6) is 0. The zero-order valence-corrected chi connectivity index (χ0v) is 15.7. The number of aromatic nitrogens is 2. The third-order valence-corrected chi connectivity index (χ3v) is 4.54. The first-order valence-corrected chi connectivity index (χ1v) is 9.13. The predicted molar refractivity (Wildman–Crippen MR) is 105 cm³/mol. The molecule has 1 heterocycles. The molecule has 0 saturated carbocycles. The van der Waals surface area contributed by atoms with Crippen LogP contribution in [0, 0.1) is 0 Å². The maximum absolute atomic E-state index is 11.7. The van der Waals surface area contributed by atoms with Crippen molar-refractivity contribution in [3.8, 4) is 0 Å². The van der Waals surface area contributed by atoms with Crippen LogP contribution in [0.5, 0.6) is 0 Å². The lowest BCUT2D eigenvalue weighted by Gasteiger charge is -2.18. The van der Waals surface area contributed by atoms with E-state index < -0.39 is 18.3 Å². The van der Waals surface area contributed by atoms with Crippen LogP contribution in [0.1, 0.15) is 23.7 Å². The number of fused-ring (bicyclic) bond motifs is 1. The maximum Gasteiger partial charge on any atom is 0.407 e. The second-order valence-electron chi connectivity index (χ2n) is 6.23. The highest BCUT2D eigenvalue weighted by molar-refractivity contribution is 6.34. The van der Waals surface area contributed by atoms with E-state index >= 15 is 0 Å². The lowest BCUT2D eigenvalue weighted by molar-refractivity contribution is 0.0137. The predicted octanol–water partition coefficient (Wildman–Crippen LogP) is 2.99. The van der Waals surface area contributed by atoms with Crippen LogP contribution in [0.4, 0.5) is 4.79 Å². The summed E-state index contributed by atoms with van der Waals surface area (Å²) in [6.07, 6.45) is -1.28. The number of aliphatic hydroxyl groups is 2. The molecule has 1 aromatic heterocycles. The van der Waals surface area contributed by atoms with Gasteiger partial charge in [-0.2, -0.15) is 0 Å². The standard InChI is InChI=1S/C20H20ClN3O4/c21-19-15-7-6-14(10-16(15)23-12-24-19)18(26)17(25)8-9-22-20(27)28-11-13-4-2-1-3-5-13/h1-7,10,12,17-18,25-26H,8-9,11H2,(H,22,27). The van der Waals surface area contributed by atoms with Crippen molar-refractivity contribution in [2.24, 2.45) is 0 Å². The highest BCUT2D eigenvalue weighted by Gasteiger charge is 2.19. The van der Waals surface area contributed by atoms with Crippen molar-refractivity contribution in [3.05, 3.63) is 71.1 Å². The first-order chi connectivity index (χ1) is 13.5. The molecule has 0 spiro atoms. The lowest BCUT2D eigenvalue weighted by Crippen LogP contribution is -2.29. The van der Waals surface area contributed by atoms with Gasteiger partial charge in [-0.1, -0.05) is 48.0 Å². The summed E-state index contributed by atoms with van der Waals surface area (Å²) in [7, 11) is 0. The molecule has 28 heavy (non-hydrogen) atoms. The third-order valence-electron chi connectivity index (χ3n) is 4.24. The fourth-order valence-corrected chi connectivity index (χ4v) is 2.90. The Kier molecular flexibility index (Phi) is 6.76. The van der Waals surface area contributed by atoms with Crippen molar-refractivity contribution < 1.29 is 19.7 Å². The average molecular weight is 402 g/mol. The van der Waals surface area contributed by atoms with E-state index in [2.05, 4.69) is 15.3 Å². The van der Waals surface area contributed by atoms with E-state index in [0.29, 0.717) is 21.6 Å². The Hall–Kier alpha value is -2.74. The monoisotopic (exact) mass is 401 g/mol. The minimum atomic E-state index is -1.12. The van der Waals surface area contributed by atoms with E-state index in [0.717, 1.165) is 5.56 Å². The second kappa shape index (κ2) is 9.45. The topological polar surface area (TPSA) is 105 Å². The van der Waals surface area contributed by atoms with Gasteiger partial charge in [0.1, 0.15) is 24.2 Å². The number of carbonyl (C=O) groups is 1. The number of ether oxygens (including phenoxy) is 1. The number of alkyl carbamates (subject to hydrolysis) is 1. The summed E-state index contributed by atoms with van der Waals surface area (Å²) < 4.78 is 5.09. The number of benzene rings is 2. The number of amides is 1. The molecule has 3 N–H and O–H groups in total. The van der Waals surface area contributed by atoms with Gasteiger partial charge in [0.15, 0.2) is 0 Å². The number of aliphatic hydroxyl groups excluding tert-OH is 2. The molecule has 3 aromatic rings. The maximum atomic E-state index is 11.7. The van der Waals surface area contributed by atoms with Gasteiger partial charge >= 0.3 is 6.09 Å². The summed E-state index contributed by atoms with van der Waals surface area (Å²) in [6, 6.07) is 14.3. The van der Waals surface area contributed by atoms with Crippen LogP contribution in [0.2, 0.25) is 5.15 Å². The van der Waals surface area contributed by atoms with Gasteiger partial charge < -0.3 is 20.3 Å². The van der Waals surface area contributed by atoms with Crippen LogP contribution in [0.25, 0.3) is 10.9 Å². The fraction of sp³-hybridized carbons (Fsp3) is 0.250. The van der Waals surface area contributed by atoms with E-state index in [4.69, 9.17) is 16.3 Å². The summed E-state index contributed by atoms with van der Waals surface area (Å²) in [5.41, 5.74) is 1.96. The molecule has 0 aliphatic carbocycles. The van der Waals surface area contributed by atoms with Gasteiger partial charge in [0.05, 0.1) is 11.6 Å². The second-order valence-corrected chi connectivity index (χ2v) is 6.59. The SMILES string of the molecule is O=C(NCCC(O)C(O)c1ccc2c(Cl)ncnc2c1)OCc1ccccc1. The first-order valence-electron chi connectivity index (χ1n) is 8.75. The van der Waals surface area contributed by atoms with Crippen LogP contribution in [0.15, 0.2) is 54.9 Å². The summed E-state index contributed by atoms with van der Waals surface area (Å²) in [4.78, 5) is 19.7. The molecule has 8 heteroatoms. The van der Waals surface area contributed by atoms with E-state index in [-0.39, 0.29) is 19.6 Å². The molecule has 1 amide bonds. The van der Waals surface area contributed by atoms with Crippen molar-refractivity contribution in [2.75, 3.05) is 6.54 Å². The third kappa shape index (κ3) is 5.16. The minimum Gasteiger partial charge on any atom is -0.445 e. The summed E-state index contributed by atoms with van der Waals surface area (Å²) >= 11 is 6.00. The fourth-order valence-electron chi connectivity index (χ4n) is 2.70. The van der Waals surface area contributed by atoms with E-state index in [9.17, 15) is 15.0 Å². The number of carbonyl (C=O) groups excluding carboxylic acids is 1. The molecule has 2 unspecified atom stereocenters. The Morgan fingerprint density at radius 2 is 1.93 bits per heavy atom. The van der Waals surface area contributed by atoms with Gasteiger partial charge in [-0.15, -0.1) is 0 Å². The molecule has 7 nitrogen and oxygen atoms in total. The molecule has 0 aliphatic heterocycles. The van der Waals surface area contributed by atoms with Crippen LogP contribution in [-0.4, -0.2) is 38.9 Å². The molecular formula is C20H20ClN3O4. The molecule has 146 valence electrons. The molecule has 0 aliphatic rings. The Balaban J connectivity index is 1.47. The van der Waals surface area contributed by atoms with Crippen LogP contribution >= 0.6 is 11.6 Å². The van der Waals surface area contributed by atoms with Crippen molar-refractivity contribution in [1.29, 1.82) is 0 Å². The van der Waals surface area contributed by atoms with Crippen LogP contribution in [-0.2, 0) is 11.3 Å². The zero-order valence-electron chi connectivity index (χ0n) is 15.0. The molecule has 0 radical (unpaired) electrons. The minimum absolute atomic E-state index is 0.157. The van der Waals surface area contributed by atoms with Crippen molar-refractivity contribution >= 4 is 28.6 Å². The van der Waals surface area contributed by atoms with Gasteiger partial charge in [0, 0.05) is 11.9 Å². The Bertz CT molecular complexity index is 939. The molecule has 2 atom stereocenters. The number of nitrogens with one attached hydrogen (secondary N) is 1. The number of rotatable bonds is 7. The number of halogens is 1. The van der Waals surface area contributed by atoms with Crippen molar-refractivity contribution in [1.82, 2.24) is 15.3 Å². The number of nitrogens with zero attached hydrogens (tertiary/aromatic N) is 2. The molecule has 0 bridgehead atoms. The first kappa shape index (κ1) is 20.0. The van der Waals surface area contributed by atoms with Gasteiger partial charge in [0.2, 0.25) is 0 Å². The highest BCUT2D eigenvalue weighted by Crippen LogP contribution is 2.25. The zero-order chi connectivity index (χ0) is 19.9. The van der Waals surface area contributed by atoms with E-state index in [1.165, 1.54) is 6.33 Å². The van der Waals surface area contributed by atoms with Gasteiger partial charge in [0.25, 0.3) is 0 Å². The summed E-state index contributed by atoms with van der Waals surface area (Å²) in [6.45, 7) is 0.326. The molecule has 0 fully saturated rings. The Morgan fingerprint density at radius 3 is 2.71 bits per heavy atom. The van der Waals surface area contributed by atoms with Crippen LogP contribution < -0.4 is 5.32 Å². The van der Waals surface area contributed by atoms with Crippen molar-refractivity contribution in [3.63, 3.8) is 0 Å². The average Bonchev–Trinajstić information content (AvgIpc) is 2.72. The van der Waals surface area contributed by atoms with Crippen LogP contribution in [0.3, 0.4) is 0 Å². The molecule has 3 rings (SSSR count). The number of hydrogen-bond donors (Lipinski definition) is 3. The Morgan fingerprint density at radius 1 is 1.14 bits per heavy atom. The summed E-state index contributed by atoms with van der Waals surface area (Å²) in [5, 5.41) is 24.1. The van der Waals surface area contributed by atoms with Crippen molar-refractivity contribution in [2.45, 2.75) is 25.2 Å². The van der Waals surface area contributed by atoms with Gasteiger partial charge in [-0.3, -0.25) is 0 Å². The normalized spacial score (nSPS) is 13.1. The largest absolute Gasteiger partial charge is 0.445 e. The molecule has 2 aromatic carbocycles. The number of hydrogen-bond acceptors (Lipinski definition) is 6. The lowest BCUT2D eigenvalue weighted by atomic mass is 10.0. The molecule has 0 saturated heterocycles. The van der Waals surface area contributed by atoms with E-state index in [1.54, 1.807) is 18.2 Å². The van der Waals surface area contributed by atoms with E-state index in [1.807, 2.05) is 30.3 Å². The quantitative estimate of drug-likeness (QED) is 0.526. The van der Waals surface area contributed by atoms with Gasteiger partial charge in [-0.25, -0.2) is 14.8 Å². The molecular weight excluding hydrogens is 382 g/mol. The van der Waals surface area contributed by atoms with Gasteiger partial charge in [-0.05, 0) is 29.7 Å².